The number of carbonyl (C=O) groups excluding carboxylic acids is 1. The first-order valence-corrected chi connectivity index (χ1v) is 14.5. The van der Waals surface area contributed by atoms with Gasteiger partial charge in [-0.1, -0.05) is 51.1 Å². The van der Waals surface area contributed by atoms with Gasteiger partial charge in [0.2, 0.25) is 0 Å². The van der Waals surface area contributed by atoms with Crippen molar-refractivity contribution in [2.75, 3.05) is 7.11 Å². The molecule has 1 aromatic heterocycles. The number of nitrogens with zero attached hydrogens (tertiary/aromatic N) is 3. The minimum absolute atomic E-state index is 0.0291. The summed E-state index contributed by atoms with van der Waals surface area (Å²) < 4.78 is 13.4. The molecule has 0 saturated carbocycles. The van der Waals surface area contributed by atoms with E-state index in [1.165, 1.54) is 18.2 Å². The number of rotatable bonds is 10. The van der Waals surface area contributed by atoms with Crippen LogP contribution in [-0.2, 0) is 33.5 Å². The highest BCUT2D eigenvalue weighted by atomic mass is 28.4. The number of aromatic nitrogens is 3. The van der Waals surface area contributed by atoms with Gasteiger partial charge in [-0.3, -0.25) is 9.48 Å². The number of hydrogen-bond acceptors (Lipinski definition) is 5. The first-order chi connectivity index (χ1) is 14.9. The monoisotopic (exact) mass is 459 g/mol. The van der Waals surface area contributed by atoms with Crippen LogP contribution in [0.2, 0.25) is 18.1 Å². The Hall–Kier alpha value is -1.99. The van der Waals surface area contributed by atoms with Crippen molar-refractivity contribution in [3.63, 3.8) is 0 Å². The van der Waals surface area contributed by atoms with Crippen molar-refractivity contribution < 1.29 is 14.0 Å². The maximum atomic E-state index is 12.4. The molecule has 1 aromatic carbocycles. The molecule has 0 aliphatic rings. The van der Waals surface area contributed by atoms with Crippen LogP contribution in [0, 0.1) is 12.8 Å². The van der Waals surface area contributed by atoms with Crippen LogP contribution in [0.5, 0.6) is 0 Å². The molecular formula is C25H41N3O3Si. The summed E-state index contributed by atoms with van der Waals surface area (Å²) in [6.07, 6.45) is 3.54. The van der Waals surface area contributed by atoms with E-state index in [0.717, 1.165) is 30.6 Å². The molecule has 1 heterocycles. The Morgan fingerprint density at radius 1 is 1.25 bits per heavy atom. The van der Waals surface area contributed by atoms with Crippen LogP contribution in [0.3, 0.4) is 0 Å². The molecule has 0 aliphatic carbocycles. The second-order valence-corrected chi connectivity index (χ2v) is 15.1. The maximum Gasteiger partial charge on any atom is 0.308 e. The smallest absolute Gasteiger partial charge is 0.308 e. The lowest BCUT2D eigenvalue weighted by molar-refractivity contribution is -0.145. The van der Waals surface area contributed by atoms with Gasteiger partial charge in [0.15, 0.2) is 8.32 Å². The van der Waals surface area contributed by atoms with Gasteiger partial charge in [0.1, 0.15) is 0 Å². The third-order valence-electron chi connectivity index (χ3n) is 6.99. The third-order valence-corrected chi connectivity index (χ3v) is 11.5. The first kappa shape index (κ1) is 26.3. The summed E-state index contributed by atoms with van der Waals surface area (Å²) in [5.74, 6) is -0.411. The van der Waals surface area contributed by atoms with E-state index < -0.39 is 8.32 Å². The summed E-state index contributed by atoms with van der Waals surface area (Å²) in [6, 6.07) is 6.50. The van der Waals surface area contributed by atoms with Crippen molar-refractivity contribution in [1.82, 2.24) is 15.0 Å². The molecule has 0 saturated heterocycles. The van der Waals surface area contributed by atoms with Crippen LogP contribution in [0.25, 0.3) is 0 Å². The second kappa shape index (κ2) is 10.7. The van der Waals surface area contributed by atoms with Crippen LogP contribution in [-0.4, -0.2) is 36.4 Å². The van der Waals surface area contributed by atoms with Gasteiger partial charge in [-0.2, -0.15) is 0 Å². The van der Waals surface area contributed by atoms with E-state index in [1.807, 2.05) is 24.7 Å². The highest BCUT2D eigenvalue weighted by Crippen LogP contribution is 2.38. The summed E-state index contributed by atoms with van der Waals surface area (Å²) in [6.45, 7) is 18.8. The molecule has 7 heteroatoms. The van der Waals surface area contributed by atoms with Crippen molar-refractivity contribution >= 4 is 14.3 Å². The summed E-state index contributed by atoms with van der Waals surface area (Å²) in [4.78, 5) is 12.4. The molecule has 178 valence electrons. The van der Waals surface area contributed by atoms with Gasteiger partial charge in [0, 0.05) is 12.7 Å². The molecule has 0 N–H and O–H groups in total. The van der Waals surface area contributed by atoms with Gasteiger partial charge in [-0.05, 0) is 67.4 Å². The number of esters is 1. The largest absolute Gasteiger partial charge is 0.469 e. The molecule has 2 rings (SSSR count). The van der Waals surface area contributed by atoms with E-state index in [1.54, 1.807) is 0 Å². The van der Waals surface area contributed by atoms with Crippen molar-refractivity contribution in [2.24, 2.45) is 5.92 Å². The highest BCUT2D eigenvalue weighted by molar-refractivity contribution is 6.74. The van der Waals surface area contributed by atoms with Gasteiger partial charge in [-0.15, -0.1) is 5.10 Å². The van der Waals surface area contributed by atoms with Crippen molar-refractivity contribution in [3.8, 4) is 0 Å². The molecule has 0 amide bonds. The molecule has 0 radical (unpaired) electrons. The molecule has 0 spiro atoms. The standard InChI is InChI=1S/C25H41N3O3Si/c1-10-28-16-22(26-27-28)13-14-23(19(3)24(29)30-7)20-12-11-18(2)21(15-20)17-31-32(8,9)25(4,5)6/h11-12,15-16,19,23H,10,13-14,17H2,1-9H3. The first-order valence-electron chi connectivity index (χ1n) is 11.6. The van der Waals surface area contributed by atoms with Crippen LogP contribution in [0.15, 0.2) is 24.4 Å². The number of aryl methyl sites for hydroxylation is 3. The van der Waals surface area contributed by atoms with Crippen LogP contribution in [0.1, 0.15) is 69.3 Å². The van der Waals surface area contributed by atoms with E-state index in [0.29, 0.717) is 6.61 Å². The van der Waals surface area contributed by atoms with E-state index in [4.69, 9.17) is 9.16 Å². The molecule has 2 atom stereocenters. The fraction of sp³-hybridized carbons (Fsp3) is 0.640. The topological polar surface area (TPSA) is 66.2 Å². The number of benzene rings is 1. The van der Waals surface area contributed by atoms with Gasteiger partial charge in [0.25, 0.3) is 0 Å². The Bertz CT molecular complexity index is 902. The average molecular weight is 460 g/mol. The van der Waals surface area contributed by atoms with Crippen LogP contribution < -0.4 is 0 Å². The highest BCUT2D eigenvalue weighted by Gasteiger charge is 2.37. The lowest BCUT2D eigenvalue weighted by Crippen LogP contribution is -2.40. The van der Waals surface area contributed by atoms with Gasteiger partial charge < -0.3 is 9.16 Å². The number of methoxy groups -OCH3 is 1. The van der Waals surface area contributed by atoms with Gasteiger partial charge >= 0.3 is 5.97 Å². The van der Waals surface area contributed by atoms with E-state index in [-0.39, 0.29) is 22.8 Å². The molecule has 2 unspecified atom stereocenters. The number of carbonyl (C=O) groups is 1. The number of ether oxygens (including phenoxy) is 1. The SMILES string of the molecule is CCn1cc(CCC(c2ccc(C)c(CO[Si](C)(C)C(C)(C)C)c2)C(C)C(=O)OC)nn1. The minimum atomic E-state index is -1.85. The van der Waals surface area contributed by atoms with Crippen LogP contribution in [0.4, 0.5) is 0 Å². The Morgan fingerprint density at radius 3 is 2.50 bits per heavy atom. The Morgan fingerprint density at radius 2 is 1.94 bits per heavy atom. The lowest BCUT2D eigenvalue weighted by Gasteiger charge is -2.36. The fourth-order valence-electron chi connectivity index (χ4n) is 3.52. The quantitative estimate of drug-likeness (QED) is 0.339. The summed E-state index contributed by atoms with van der Waals surface area (Å²) in [5.41, 5.74) is 4.49. The predicted molar refractivity (Wildman–Crippen MR) is 131 cm³/mol. The summed E-state index contributed by atoms with van der Waals surface area (Å²) >= 11 is 0. The van der Waals surface area contributed by atoms with Gasteiger partial charge in [-0.25, -0.2) is 0 Å². The molecule has 0 fully saturated rings. The fourth-order valence-corrected chi connectivity index (χ4v) is 4.47. The zero-order valence-corrected chi connectivity index (χ0v) is 22.4. The normalized spacial score (nSPS) is 14.3. The van der Waals surface area contributed by atoms with Crippen molar-refractivity contribution in [2.45, 2.75) is 91.6 Å². The summed E-state index contributed by atoms with van der Waals surface area (Å²) in [7, 11) is -0.398. The predicted octanol–water partition coefficient (Wildman–Crippen LogP) is 5.65. The maximum absolute atomic E-state index is 12.4. The summed E-state index contributed by atoms with van der Waals surface area (Å²) in [5, 5.41) is 8.57. The molecule has 6 nitrogen and oxygen atoms in total. The Labute approximate surface area is 194 Å². The average Bonchev–Trinajstić information content (AvgIpc) is 3.20. The number of hydrogen-bond donors (Lipinski definition) is 0. The van der Waals surface area contributed by atoms with E-state index in [9.17, 15) is 4.79 Å². The molecule has 32 heavy (non-hydrogen) atoms. The Kier molecular flexibility index (Phi) is 8.82. The van der Waals surface area contributed by atoms with Crippen molar-refractivity contribution in [3.05, 3.63) is 46.8 Å². The van der Waals surface area contributed by atoms with Gasteiger partial charge in [0.05, 0.1) is 25.3 Å². The van der Waals surface area contributed by atoms with E-state index in [2.05, 4.69) is 69.3 Å². The van der Waals surface area contributed by atoms with E-state index >= 15 is 0 Å². The molecular weight excluding hydrogens is 418 g/mol. The minimum Gasteiger partial charge on any atom is -0.469 e. The second-order valence-electron chi connectivity index (χ2n) is 10.3. The zero-order valence-electron chi connectivity index (χ0n) is 21.4. The molecule has 0 bridgehead atoms. The van der Waals surface area contributed by atoms with Crippen molar-refractivity contribution in [1.29, 1.82) is 0 Å². The third kappa shape index (κ3) is 6.51. The molecule has 0 aliphatic heterocycles. The molecule has 2 aromatic rings. The lowest BCUT2D eigenvalue weighted by atomic mass is 9.82. The van der Waals surface area contributed by atoms with Crippen LogP contribution >= 0.6 is 0 Å². The zero-order chi connectivity index (χ0) is 24.1. The Balaban J connectivity index is 2.27.